The average Bonchev–Trinajstić information content (AvgIpc) is 3.04. The van der Waals surface area contributed by atoms with Crippen LogP contribution in [0.25, 0.3) is 0 Å². The average molecular weight is 343 g/mol. The lowest BCUT2D eigenvalue weighted by Crippen LogP contribution is -2.46. The number of ether oxygens (including phenoxy) is 2. The van der Waals surface area contributed by atoms with E-state index in [9.17, 15) is 13.2 Å². The molecule has 23 heavy (non-hydrogen) atoms. The quantitative estimate of drug-likeness (QED) is 0.585. The summed E-state index contributed by atoms with van der Waals surface area (Å²) in [5.74, 6) is -0.689. The normalized spacial score (nSPS) is 21.1. The van der Waals surface area contributed by atoms with E-state index >= 15 is 0 Å². The number of rotatable bonds is 7. The molecule has 0 amide bonds. The fourth-order valence-electron chi connectivity index (χ4n) is 2.28. The Morgan fingerprint density at radius 2 is 2.22 bits per heavy atom. The lowest BCUT2D eigenvalue weighted by molar-refractivity contribution is -0.147. The van der Waals surface area contributed by atoms with Gasteiger partial charge >= 0.3 is 5.97 Å². The van der Waals surface area contributed by atoms with E-state index in [4.69, 9.17) is 9.47 Å². The molecule has 1 aromatic rings. The number of carbonyl (C=O) groups is 1. The highest BCUT2D eigenvalue weighted by atomic mass is 32.2. The Labute approximate surface area is 135 Å². The Balaban J connectivity index is 2.04. The molecule has 1 heterocycles. The van der Waals surface area contributed by atoms with E-state index in [0.717, 1.165) is 5.56 Å². The third-order valence-electron chi connectivity index (χ3n) is 3.47. The second-order valence-electron chi connectivity index (χ2n) is 5.02. The van der Waals surface area contributed by atoms with Gasteiger partial charge in [0.15, 0.2) is 5.37 Å². The molecule has 1 saturated heterocycles. The Morgan fingerprint density at radius 1 is 1.43 bits per heavy atom. The summed E-state index contributed by atoms with van der Waals surface area (Å²) in [6.07, 6.45) is 0. The highest BCUT2D eigenvalue weighted by molar-refractivity contribution is 7.90. The maximum absolute atomic E-state index is 12.4. The standard InChI is InChI=1S/C14H21N3O5S/c1-3-22-14(18)12-9-15-17-13(12)23(19,20)16-8-10-5-4-6-11(7-10)21-2/h4-7,12-13,15-17H,3,8-9H2,1-2H3. The third-order valence-corrected chi connectivity index (χ3v) is 5.13. The number of esters is 1. The lowest BCUT2D eigenvalue weighted by Gasteiger charge is -2.18. The zero-order valence-electron chi connectivity index (χ0n) is 13.0. The number of hydrogen-bond acceptors (Lipinski definition) is 7. The van der Waals surface area contributed by atoms with Crippen molar-refractivity contribution in [1.82, 2.24) is 15.6 Å². The van der Waals surface area contributed by atoms with Gasteiger partial charge in [0.1, 0.15) is 11.7 Å². The number of methoxy groups -OCH3 is 1. The summed E-state index contributed by atoms with van der Waals surface area (Å²) in [6.45, 7) is 2.19. The van der Waals surface area contributed by atoms with Gasteiger partial charge in [0.25, 0.3) is 0 Å². The summed E-state index contributed by atoms with van der Waals surface area (Å²) in [5, 5.41) is -1.08. The molecule has 0 aromatic heterocycles. The third kappa shape index (κ3) is 4.41. The maximum atomic E-state index is 12.4. The van der Waals surface area contributed by atoms with Crippen LogP contribution in [0.1, 0.15) is 12.5 Å². The Bertz CT molecular complexity index is 650. The van der Waals surface area contributed by atoms with Crippen LogP contribution in [-0.4, -0.2) is 40.0 Å². The van der Waals surface area contributed by atoms with Crippen LogP contribution in [0.3, 0.4) is 0 Å². The summed E-state index contributed by atoms with van der Waals surface area (Å²) < 4.78 is 37.4. The highest BCUT2D eigenvalue weighted by Gasteiger charge is 2.42. The van der Waals surface area contributed by atoms with Crippen molar-refractivity contribution in [2.75, 3.05) is 20.3 Å². The fraction of sp³-hybridized carbons (Fsp3) is 0.500. The zero-order valence-corrected chi connectivity index (χ0v) is 13.9. The molecule has 1 fully saturated rings. The number of benzene rings is 1. The van der Waals surface area contributed by atoms with Gasteiger partial charge in [-0.15, -0.1) is 0 Å². The first-order chi connectivity index (χ1) is 11.0. The van der Waals surface area contributed by atoms with Gasteiger partial charge in [-0.2, -0.15) is 0 Å². The lowest BCUT2D eigenvalue weighted by atomic mass is 10.2. The summed E-state index contributed by atoms with van der Waals surface area (Å²) in [4.78, 5) is 11.8. The zero-order chi connectivity index (χ0) is 16.9. The van der Waals surface area contributed by atoms with Crippen molar-refractivity contribution in [3.8, 4) is 5.75 Å². The molecule has 2 rings (SSSR count). The van der Waals surface area contributed by atoms with Crippen LogP contribution < -0.4 is 20.3 Å². The molecule has 0 bridgehead atoms. The van der Waals surface area contributed by atoms with Gasteiger partial charge < -0.3 is 9.47 Å². The SMILES string of the molecule is CCOC(=O)C1CNNC1S(=O)(=O)NCc1cccc(OC)c1. The topological polar surface area (TPSA) is 106 Å². The van der Waals surface area contributed by atoms with Crippen molar-refractivity contribution in [3.63, 3.8) is 0 Å². The molecule has 8 nitrogen and oxygen atoms in total. The van der Waals surface area contributed by atoms with Crippen molar-refractivity contribution in [2.45, 2.75) is 18.8 Å². The van der Waals surface area contributed by atoms with Gasteiger partial charge in [-0.25, -0.2) is 18.6 Å². The number of hydrazine groups is 1. The van der Waals surface area contributed by atoms with Crippen molar-refractivity contribution >= 4 is 16.0 Å². The molecule has 1 aliphatic heterocycles. The molecule has 2 unspecified atom stereocenters. The van der Waals surface area contributed by atoms with Crippen LogP contribution in [0.15, 0.2) is 24.3 Å². The van der Waals surface area contributed by atoms with Crippen LogP contribution in [0.4, 0.5) is 0 Å². The summed E-state index contributed by atoms with van der Waals surface area (Å²) in [7, 11) is -2.21. The monoisotopic (exact) mass is 343 g/mol. The molecule has 1 aliphatic rings. The molecule has 9 heteroatoms. The molecule has 128 valence electrons. The van der Waals surface area contributed by atoms with Gasteiger partial charge in [-0.3, -0.25) is 10.2 Å². The van der Waals surface area contributed by atoms with Gasteiger partial charge in [0.05, 0.1) is 13.7 Å². The van der Waals surface area contributed by atoms with Crippen LogP contribution in [-0.2, 0) is 26.1 Å². The molecular weight excluding hydrogens is 322 g/mol. The second-order valence-corrected chi connectivity index (χ2v) is 6.91. The van der Waals surface area contributed by atoms with E-state index in [2.05, 4.69) is 15.6 Å². The molecule has 0 spiro atoms. The molecule has 0 saturated carbocycles. The van der Waals surface area contributed by atoms with Crippen LogP contribution in [0.5, 0.6) is 5.75 Å². The van der Waals surface area contributed by atoms with E-state index in [0.29, 0.717) is 5.75 Å². The molecule has 2 atom stereocenters. The minimum Gasteiger partial charge on any atom is -0.497 e. The van der Waals surface area contributed by atoms with Crippen molar-refractivity contribution in [2.24, 2.45) is 5.92 Å². The molecule has 3 N–H and O–H groups in total. The smallest absolute Gasteiger partial charge is 0.313 e. The summed E-state index contributed by atoms with van der Waals surface area (Å²) in [5.41, 5.74) is 6.07. The number of sulfonamides is 1. The molecule has 0 aliphatic carbocycles. The van der Waals surface area contributed by atoms with Gasteiger partial charge in [0, 0.05) is 13.1 Å². The van der Waals surface area contributed by atoms with Gasteiger partial charge in [-0.1, -0.05) is 12.1 Å². The van der Waals surface area contributed by atoms with E-state index in [1.54, 1.807) is 38.3 Å². The Hall–Kier alpha value is -1.68. The van der Waals surface area contributed by atoms with E-state index in [-0.39, 0.29) is 19.7 Å². The minimum atomic E-state index is -3.76. The van der Waals surface area contributed by atoms with Crippen LogP contribution in [0.2, 0.25) is 0 Å². The molecule has 1 aromatic carbocycles. The fourth-order valence-corrected chi connectivity index (χ4v) is 3.71. The molecular formula is C14H21N3O5S. The summed E-state index contributed by atoms with van der Waals surface area (Å²) in [6, 6.07) is 7.08. The minimum absolute atomic E-state index is 0.104. The number of hydrogen-bond donors (Lipinski definition) is 3. The first-order valence-corrected chi connectivity index (χ1v) is 8.79. The second kappa shape index (κ2) is 7.73. The summed E-state index contributed by atoms with van der Waals surface area (Å²) >= 11 is 0. The van der Waals surface area contributed by atoms with E-state index in [1.165, 1.54) is 0 Å². The highest BCUT2D eigenvalue weighted by Crippen LogP contribution is 2.17. The predicted octanol–water partition coefficient (Wildman–Crippen LogP) is -0.272. The molecule has 0 radical (unpaired) electrons. The Morgan fingerprint density at radius 3 is 2.91 bits per heavy atom. The van der Waals surface area contributed by atoms with Crippen molar-refractivity contribution in [3.05, 3.63) is 29.8 Å². The van der Waals surface area contributed by atoms with Gasteiger partial charge in [-0.05, 0) is 24.6 Å². The van der Waals surface area contributed by atoms with Crippen LogP contribution in [0, 0.1) is 5.92 Å². The largest absolute Gasteiger partial charge is 0.497 e. The number of nitrogens with one attached hydrogen (secondary N) is 3. The van der Waals surface area contributed by atoms with Gasteiger partial charge in [0.2, 0.25) is 10.0 Å². The van der Waals surface area contributed by atoms with Crippen molar-refractivity contribution < 1.29 is 22.7 Å². The van der Waals surface area contributed by atoms with E-state index in [1.807, 2.05) is 0 Å². The first-order valence-electron chi connectivity index (χ1n) is 7.24. The maximum Gasteiger partial charge on any atom is 0.313 e. The van der Waals surface area contributed by atoms with E-state index < -0.39 is 27.3 Å². The predicted molar refractivity (Wildman–Crippen MR) is 83.8 cm³/mol. The number of carbonyl (C=O) groups excluding carboxylic acids is 1. The Kier molecular flexibility index (Phi) is 5.94. The van der Waals surface area contributed by atoms with Crippen molar-refractivity contribution in [1.29, 1.82) is 0 Å². The van der Waals surface area contributed by atoms with Crippen LogP contribution >= 0.6 is 0 Å². The first kappa shape index (κ1) is 17.7.